The van der Waals surface area contributed by atoms with Crippen LogP contribution >= 0.6 is 0 Å². The van der Waals surface area contributed by atoms with Gasteiger partial charge in [0.25, 0.3) is 18.2 Å². The van der Waals surface area contributed by atoms with Crippen LogP contribution in [0.25, 0.3) is 11.0 Å². The highest BCUT2D eigenvalue weighted by Crippen LogP contribution is 2.25. The van der Waals surface area contributed by atoms with Gasteiger partial charge < -0.3 is 15.2 Å². The lowest BCUT2D eigenvalue weighted by atomic mass is 10.0. The van der Waals surface area contributed by atoms with E-state index in [1.54, 1.807) is 48.5 Å². The molecule has 1 saturated heterocycles. The van der Waals surface area contributed by atoms with Crippen molar-refractivity contribution in [3.63, 3.8) is 0 Å². The van der Waals surface area contributed by atoms with E-state index < -0.39 is 24.3 Å². The van der Waals surface area contributed by atoms with Crippen LogP contribution in [-0.2, 0) is 11.3 Å². The summed E-state index contributed by atoms with van der Waals surface area (Å²) in [6.07, 6.45) is -2.71. The highest BCUT2D eigenvalue weighted by Gasteiger charge is 2.36. The number of para-hydroxylation sites is 2. The van der Waals surface area contributed by atoms with Crippen molar-refractivity contribution in [2.24, 2.45) is 11.8 Å². The quantitative estimate of drug-likeness (QED) is 0.336. The maximum atomic E-state index is 13.5. The molecule has 0 radical (unpaired) electrons. The lowest BCUT2D eigenvalue weighted by Gasteiger charge is -2.24. The number of hydrogen-bond acceptors (Lipinski definition) is 5. The first-order valence-corrected chi connectivity index (χ1v) is 11.6. The van der Waals surface area contributed by atoms with Crippen molar-refractivity contribution in [3.8, 4) is 0 Å². The Morgan fingerprint density at radius 3 is 2.57 bits per heavy atom. The number of aromatic nitrogens is 2. The average Bonchev–Trinajstić information content (AvgIpc) is 3.43. The van der Waals surface area contributed by atoms with Gasteiger partial charge in [0.05, 0.1) is 29.5 Å². The first-order chi connectivity index (χ1) is 16.7. The van der Waals surface area contributed by atoms with E-state index in [4.69, 9.17) is 0 Å². The Bertz CT molecular complexity index is 1200. The van der Waals surface area contributed by atoms with Crippen molar-refractivity contribution in [1.82, 2.24) is 25.2 Å². The SMILES string of the molecule is CC(C)CN(O)C(=O)[C@H]1CNC[C@H]1NC(=O)c1ccc(Cn2c(C(F)F)nc3ccccc32)cc1. The van der Waals surface area contributed by atoms with Gasteiger partial charge in [-0.1, -0.05) is 38.1 Å². The van der Waals surface area contributed by atoms with Gasteiger partial charge in [-0.05, 0) is 35.7 Å². The number of hydrogen-bond donors (Lipinski definition) is 3. The van der Waals surface area contributed by atoms with Gasteiger partial charge in [0.2, 0.25) is 0 Å². The van der Waals surface area contributed by atoms with Crippen LogP contribution in [0.1, 0.15) is 42.0 Å². The van der Waals surface area contributed by atoms with Gasteiger partial charge in [0.1, 0.15) is 0 Å². The normalized spacial score (nSPS) is 17.9. The zero-order valence-electron chi connectivity index (χ0n) is 19.6. The number of carbonyl (C=O) groups is 2. The molecule has 186 valence electrons. The lowest BCUT2D eigenvalue weighted by Crippen LogP contribution is -2.47. The average molecular weight is 486 g/mol. The van der Waals surface area contributed by atoms with Gasteiger partial charge in [-0.3, -0.25) is 14.8 Å². The first kappa shape index (κ1) is 24.7. The number of imidazole rings is 1. The van der Waals surface area contributed by atoms with E-state index in [0.717, 1.165) is 10.6 Å². The second-order valence-corrected chi connectivity index (χ2v) is 9.20. The fourth-order valence-electron chi connectivity index (χ4n) is 4.34. The molecule has 35 heavy (non-hydrogen) atoms. The summed E-state index contributed by atoms with van der Waals surface area (Å²) in [5.41, 5.74) is 2.25. The maximum Gasteiger partial charge on any atom is 0.295 e. The molecule has 1 aliphatic heterocycles. The van der Waals surface area contributed by atoms with Gasteiger partial charge in [-0.25, -0.2) is 18.8 Å². The van der Waals surface area contributed by atoms with Crippen molar-refractivity contribution < 1.29 is 23.6 Å². The van der Waals surface area contributed by atoms with Crippen molar-refractivity contribution in [3.05, 3.63) is 65.5 Å². The fraction of sp³-hybridized carbons (Fsp3) is 0.400. The molecule has 1 fully saturated rings. The van der Waals surface area contributed by atoms with Crippen molar-refractivity contribution in [1.29, 1.82) is 0 Å². The Hall–Kier alpha value is -3.37. The van der Waals surface area contributed by atoms with Gasteiger partial charge in [0.15, 0.2) is 5.82 Å². The molecule has 2 heterocycles. The van der Waals surface area contributed by atoms with E-state index in [1.165, 1.54) is 4.57 Å². The van der Waals surface area contributed by atoms with E-state index in [-0.39, 0.29) is 30.7 Å². The number of hydroxylamine groups is 2. The molecular weight excluding hydrogens is 456 g/mol. The van der Waals surface area contributed by atoms with Crippen LogP contribution in [0.3, 0.4) is 0 Å². The summed E-state index contributed by atoms with van der Waals surface area (Å²) >= 11 is 0. The zero-order chi connectivity index (χ0) is 25.1. The van der Waals surface area contributed by atoms with Crippen LogP contribution in [0.2, 0.25) is 0 Å². The molecule has 0 saturated carbocycles. The van der Waals surface area contributed by atoms with Crippen molar-refractivity contribution in [2.45, 2.75) is 32.9 Å². The van der Waals surface area contributed by atoms with Crippen molar-refractivity contribution in [2.75, 3.05) is 19.6 Å². The van der Waals surface area contributed by atoms with Crippen LogP contribution in [-0.4, -0.2) is 57.3 Å². The third-order valence-corrected chi connectivity index (χ3v) is 6.08. The standard InChI is InChI=1S/C25H29F2N5O3/c1-15(2)13-32(35)25(34)18-11-28-12-20(18)30-24(33)17-9-7-16(8-10-17)14-31-21-6-4-3-5-19(21)29-23(31)22(26)27/h3-10,15,18,20,22,28,35H,11-14H2,1-2H3,(H,30,33)/t18-,20+/m0/s1. The number of amides is 2. The highest BCUT2D eigenvalue weighted by molar-refractivity contribution is 5.95. The maximum absolute atomic E-state index is 13.5. The molecule has 3 N–H and O–H groups in total. The number of nitrogens with one attached hydrogen (secondary N) is 2. The molecule has 1 aliphatic rings. The Kier molecular flexibility index (Phi) is 7.42. The Morgan fingerprint density at radius 1 is 1.17 bits per heavy atom. The van der Waals surface area contributed by atoms with E-state index in [9.17, 15) is 23.6 Å². The summed E-state index contributed by atoms with van der Waals surface area (Å²) in [5, 5.41) is 16.8. The first-order valence-electron chi connectivity index (χ1n) is 11.6. The monoisotopic (exact) mass is 485 g/mol. The molecule has 8 nitrogen and oxygen atoms in total. The number of halogens is 2. The Labute approximate surface area is 201 Å². The molecule has 1 aromatic heterocycles. The third kappa shape index (κ3) is 5.49. The minimum absolute atomic E-state index is 0.113. The third-order valence-electron chi connectivity index (χ3n) is 6.08. The van der Waals surface area contributed by atoms with E-state index in [0.29, 0.717) is 29.7 Å². The number of benzene rings is 2. The molecule has 0 aliphatic carbocycles. The predicted octanol–water partition coefficient (Wildman–Crippen LogP) is 3.21. The Balaban J connectivity index is 1.44. The molecule has 0 unspecified atom stereocenters. The van der Waals surface area contributed by atoms with Crippen LogP contribution in [0.4, 0.5) is 8.78 Å². The van der Waals surface area contributed by atoms with E-state index in [1.807, 2.05) is 13.8 Å². The number of fused-ring (bicyclic) bond motifs is 1. The van der Waals surface area contributed by atoms with Crippen molar-refractivity contribution >= 4 is 22.8 Å². The topological polar surface area (TPSA) is 99.5 Å². The second kappa shape index (κ2) is 10.5. The predicted molar refractivity (Wildman–Crippen MR) is 126 cm³/mol. The molecule has 0 spiro atoms. The number of alkyl halides is 2. The molecule has 10 heteroatoms. The minimum Gasteiger partial charge on any atom is -0.347 e. The summed E-state index contributed by atoms with van der Waals surface area (Å²) in [6.45, 7) is 4.99. The van der Waals surface area contributed by atoms with Crippen LogP contribution in [0.5, 0.6) is 0 Å². The molecular formula is C25H29F2N5O3. The summed E-state index contributed by atoms with van der Waals surface area (Å²) in [5.74, 6) is -1.52. The smallest absolute Gasteiger partial charge is 0.295 e. The molecule has 2 aromatic carbocycles. The highest BCUT2D eigenvalue weighted by atomic mass is 19.3. The molecule has 3 aromatic rings. The number of carbonyl (C=O) groups excluding carboxylic acids is 2. The molecule has 2 atom stereocenters. The molecule has 4 rings (SSSR count). The lowest BCUT2D eigenvalue weighted by molar-refractivity contribution is -0.172. The summed E-state index contributed by atoms with van der Waals surface area (Å²) < 4.78 is 28.6. The van der Waals surface area contributed by atoms with Gasteiger partial charge in [-0.2, -0.15) is 0 Å². The molecule has 2 amide bonds. The van der Waals surface area contributed by atoms with Gasteiger partial charge >= 0.3 is 0 Å². The Morgan fingerprint density at radius 2 is 1.89 bits per heavy atom. The van der Waals surface area contributed by atoms with Crippen LogP contribution in [0.15, 0.2) is 48.5 Å². The second-order valence-electron chi connectivity index (χ2n) is 9.20. The van der Waals surface area contributed by atoms with E-state index in [2.05, 4.69) is 15.6 Å². The summed E-state index contributed by atoms with van der Waals surface area (Å²) in [7, 11) is 0. The van der Waals surface area contributed by atoms with Gasteiger partial charge in [-0.15, -0.1) is 0 Å². The summed E-state index contributed by atoms with van der Waals surface area (Å²) in [6, 6.07) is 13.2. The zero-order valence-corrected chi connectivity index (χ0v) is 19.6. The minimum atomic E-state index is -2.71. The molecule has 0 bridgehead atoms. The van der Waals surface area contributed by atoms with E-state index >= 15 is 0 Å². The van der Waals surface area contributed by atoms with Crippen LogP contribution in [0, 0.1) is 11.8 Å². The largest absolute Gasteiger partial charge is 0.347 e. The van der Waals surface area contributed by atoms with Gasteiger partial charge in [0, 0.05) is 25.2 Å². The summed E-state index contributed by atoms with van der Waals surface area (Å²) in [4.78, 5) is 29.5. The number of rotatable bonds is 8. The fourth-order valence-corrected chi connectivity index (χ4v) is 4.34. The van der Waals surface area contributed by atoms with Crippen LogP contribution < -0.4 is 10.6 Å². The number of nitrogens with zero attached hydrogens (tertiary/aromatic N) is 3.